The summed E-state index contributed by atoms with van der Waals surface area (Å²) in [6.07, 6.45) is 2.71. The molecule has 1 aliphatic carbocycles. The minimum absolute atomic E-state index is 0.00442. The summed E-state index contributed by atoms with van der Waals surface area (Å²) in [5.41, 5.74) is 0.206. The SMILES string of the molecule is C=NN(C(=C)C)c1nnc(NC(=O)c2cc(NC3CCC(OC)C3)c(OC)c(=O)o2)s1.CC. The molecule has 2 atom stereocenters. The number of amides is 1. The Morgan fingerprint density at radius 3 is 2.64 bits per heavy atom. The summed E-state index contributed by atoms with van der Waals surface area (Å²) in [4.78, 5) is 25.0. The van der Waals surface area contributed by atoms with Crippen LogP contribution in [-0.2, 0) is 4.74 Å². The molecule has 0 spiro atoms. The number of anilines is 3. The summed E-state index contributed by atoms with van der Waals surface area (Å²) in [5.74, 6) is -0.838. The van der Waals surface area contributed by atoms with Crippen LogP contribution in [0.25, 0.3) is 0 Å². The van der Waals surface area contributed by atoms with Gasteiger partial charge >= 0.3 is 5.63 Å². The van der Waals surface area contributed by atoms with Crippen molar-refractivity contribution in [3.63, 3.8) is 0 Å². The van der Waals surface area contributed by atoms with Gasteiger partial charge in [-0.1, -0.05) is 31.8 Å². The molecule has 1 aliphatic rings. The lowest BCUT2D eigenvalue weighted by Crippen LogP contribution is -2.21. The molecule has 1 fully saturated rings. The van der Waals surface area contributed by atoms with Crippen molar-refractivity contribution in [2.45, 2.75) is 52.2 Å². The summed E-state index contributed by atoms with van der Waals surface area (Å²) in [6, 6.07) is 1.52. The van der Waals surface area contributed by atoms with E-state index in [0.29, 0.717) is 16.5 Å². The highest BCUT2D eigenvalue weighted by Crippen LogP contribution is 2.30. The highest BCUT2D eigenvalue weighted by Gasteiger charge is 2.27. The van der Waals surface area contributed by atoms with Crippen LogP contribution < -0.4 is 26.0 Å². The van der Waals surface area contributed by atoms with Gasteiger partial charge in [-0.15, -0.1) is 10.2 Å². The molecule has 11 nitrogen and oxygen atoms in total. The molecule has 2 heterocycles. The molecule has 2 unspecified atom stereocenters. The zero-order chi connectivity index (χ0) is 24.5. The number of rotatable bonds is 9. The first kappa shape index (κ1) is 26.0. The Balaban J connectivity index is 0.00000187. The number of hydrogen-bond donors (Lipinski definition) is 2. The van der Waals surface area contributed by atoms with E-state index in [-0.39, 0.29) is 28.8 Å². The number of methoxy groups -OCH3 is 2. The zero-order valence-corrected chi connectivity index (χ0v) is 20.3. The fraction of sp³-hybridized carbons (Fsp3) is 0.476. The number of carbonyl (C=O) groups excluding carboxylic acids is 1. The van der Waals surface area contributed by atoms with Gasteiger partial charge in [-0.05, 0) is 26.2 Å². The smallest absolute Gasteiger partial charge is 0.381 e. The second kappa shape index (κ2) is 12.1. The molecule has 0 aromatic carbocycles. The van der Waals surface area contributed by atoms with Crippen molar-refractivity contribution >= 4 is 39.9 Å². The van der Waals surface area contributed by atoms with Gasteiger partial charge in [-0.3, -0.25) is 10.1 Å². The number of nitrogens with zero attached hydrogens (tertiary/aromatic N) is 4. The number of nitrogens with one attached hydrogen (secondary N) is 2. The number of aromatic nitrogens is 2. The van der Waals surface area contributed by atoms with E-state index in [1.54, 1.807) is 14.0 Å². The van der Waals surface area contributed by atoms with Gasteiger partial charge in [0.15, 0.2) is 5.76 Å². The van der Waals surface area contributed by atoms with Gasteiger partial charge in [0.2, 0.25) is 16.0 Å². The molecule has 0 bridgehead atoms. The monoisotopic (exact) mass is 478 g/mol. The van der Waals surface area contributed by atoms with Crippen LogP contribution in [0.2, 0.25) is 0 Å². The Hall–Kier alpha value is -3.25. The normalized spacial score (nSPS) is 16.9. The van der Waals surface area contributed by atoms with Crippen molar-refractivity contribution in [2.75, 3.05) is 29.9 Å². The third kappa shape index (κ3) is 6.39. The maximum absolute atomic E-state index is 12.7. The largest absolute Gasteiger partial charge is 0.488 e. The van der Waals surface area contributed by atoms with Crippen LogP contribution in [0.15, 0.2) is 32.7 Å². The van der Waals surface area contributed by atoms with Crippen molar-refractivity contribution in [2.24, 2.45) is 5.10 Å². The summed E-state index contributed by atoms with van der Waals surface area (Å²) < 4.78 is 15.7. The van der Waals surface area contributed by atoms with Crippen LogP contribution in [-0.4, -0.2) is 49.2 Å². The van der Waals surface area contributed by atoms with Crippen LogP contribution in [0, 0.1) is 0 Å². The summed E-state index contributed by atoms with van der Waals surface area (Å²) in [7, 11) is 3.04. The number of allylic oxidation sites excluding steroid dienone is 1. The van der Waals surface area contributed by atoms with Crippen molar-refractivity contribution < 1.29 is 18.7 Å². The summed E-state index contributed by atoms with van der Waals surface area (Å²) >= 11 is 1.06. The van der Waals surface area contributed by atoms with E-state index in [2.05, 4.69) is 39.2 Å². The Kier molecular flexibility index (Phi) is 9.55. The first-order chi connectivity index (χ1) is 15.9. The molecule has 2 aromatic heterocycles. The Morgan fingerprint density at radius 1 is 1.33 bits per heavy atom. The quantitative estimate of drug-likeness (QED) is 0.409. The third-order valence-electron chi connectivity index (χ3n) is 4.73. The Labute approximate surface area is 196 Å². The standard InChI is InChI=1S/C19H24N6O5S.C2H6/c1-10(2)25(20-3)19-24-23-18(31-19)22-16(26)14-9-13(15(29-5)17(27)30-14)21-11-6-7-12(8-11)28-4;1-2/h9,11-12,21H,1,3,6-8H2,2,4-5H3,(H,22,23,26);1-2H3. The number of hydrazone groups is 1. The first-order valence-corrected chi connectivity index (χ1v) is 11.3. The molecule has 1 saturated carbocycles. The van der Waals surface area contributed by atoms with Crippen molar-refractivity contribution in [3.05, 3.63) is 34.5 Å². The molecule has 0 aliphatic heterocycles. The van der Waals surface area contributed by atoms with Crippen LogP contribution >= 0.6 is 11.3 Å². The van der Waals surface area contributed by atoms with Crippen LogP contribution in [0.4, 0.5) is 16.0 Å². The molecule has 180 valence electrons. The summed E-state index contributed by atoms with van der Waals surface area (Å²) in [6.45, 7) is 13.0. The highest BCUT2D eigenvalue weighted by atomic mass is 32.1. The molecule has 1 amide bonds. The van der Waals surface area contributed by atoms with Gasteiger partial charge in [0.25, 0.3) is 5.91 Å². The van der Waals surface area contributed by atoms with Gasteiger partial charge < -0.3 is 19.2 Å². The lowest BCUT2D eigenvalue weighted by molar-refractivity contribution is 0.0991. The van der Waals surface area contributed by atoms with Gasteiger partial charge in [-0.25, -0.2) is 9.80 Å². The predicted molar refractivity (Wildman–Crippen MR) is 130 cm³/mol. The van der Waals surface area contributed by atoms with Crippen LogP contribution in [0.1, 0.15) is 50.6 Å². The van der Waals surface area contributed by atoms with E-state index >= 15 is 0 Å². The van der Waals surface area contributed by atoms with Gasteiger partial charge in [0.05, 0.1) is 18.9 Å². The fourth-order valence-corrected chi connectivity index (χ4v) is 4.03. The molecule has 33 heavy (non-hydrogen) atoms. The van der Waals surface area contributed by atoms with E-state index in [0.717, 1.165) is 30.6 Å². The average molecular weight is 479 g/mol. The molecular formula is C21H30N6O5S. The minimum Gasteiger partial charge on any atom is -0.488 e. The Morgan fingerprint density at radius 2 is 2.06 bits per heavy atom. The second-order valence-corrected chi connectivity index (χ2v) is 7.85. The maximum Gasteiger partial charge on any atom is 0.381 e. The number of hydrogen-bond acceptors (Lipinski definition) is 11. The van der Waals surface area contributed by atoms with E-state index in [4.69, 9.17) is 13.9 Å². The lowest BCUT2D eigenvalue weighted by Gasteiger charge is -2.16. The fourth-order valence-electron chi connectivity index (χ4n) is 3.25. The maximum atomic E-state index is 12.7. The highest BCUT2D eigenvalue weighted by molar-refractivity contribution is 7.19. The molecule has 2 N–H and O–H groups in total. The summed E-state index contributed by atoms with van der Waals surface area (Å²) in [5, 5.41) is 19.4. The molecular weight excluding hydrogens is 448 g/mol. The van der Waals surface area contributed by atoms with E-state index in [9.17, 15) is 9.59 Å². The predicted octanol–water partition coefficient (Wildman–Crippen LogP) is 3.71. The molecule has 0 saturated heterocycles. The Bertz CT molecular complexity index is 1040. The van der Waals surface area contributed by atoms with E-state index in [1.165, 1.54) is 18.2 Å². The van der Waals surface area contributed by atoms with Crippen molar-refractivity contribution in [3.8, 4) is 5.75 Å². The zero-order valence-electron chi connectivity index (χ0n) is 19.5. The van der Waals surface area contributed by atoms with Crippen molar-refractivity contribution in [1.29, 1.82) is 0 Å². The van der Waals surface area contributed by atoms with Crippen molar-refractivity contribution in [1.82, 2.24) is 10.2 Å². The van der Waals surface area contributed by atoms with Crippen LogP contribution in [0.3, 0.4) is 0 Å². The van der Waals surface area contributed by atoms with Gasteiger partial charge in [0.1, 0.15) is 0 Å². The van der Waals surface area contributed by atoms with E-state index < -0.39 is 11.5 Å². The second-order valence-electron chi connectivity index (χ2n) is 6.89. The van der Waals surface area contributed by atoms with Crippen LogP contribution in [0.5, 0.6) is 5.75 Å². The number of ether oxygens (including phenoxy) is 2. The average Bonchev–Trinajstić information content (AvgIpc) is 3.44. The molecule has 2 aromatic rings. The molecule has 12 heteroatoms. The van der Waals surface area contributed by atoms with Gasteiger partial charge in [-0.2, -0.15) is 5.10 Å². The third-order valence-corrected chi connectivity index (χ3v) is 5.55. The molecule has 3 rings (SSSR count). The van der Waals surface area contributed by atoms with Gasteiger partial charge in [0, 0.05) is 31.6 Å². The first-order valence-electron chi connectivity index (χ1n) is 10.4. The lowest BCUT2D eigenvalue weighted by atomic mass is 10.2. The minimum atomic E-state index is -0.763. The molecule has 0 radical (unpaired) electrons. The number of carbonyl (C=O) groups is 1. The topological polar surface area (TPSA) is 131 Å². The van der Waals surface area contributed by atoms with E-state index in [1.807, 2.05) is 13.8 Å².